The Morgan fingerprint density at radius 3 is 2.96 bits per heavy atom. The lowest BCUT2D eigenvalue weighted by atomic mass is 9.89. The predicted octanol–water partition coefficient (Wildman–Crippen LogP) is 1.86. The Bertz CT molecular complexity index is 714. The standard InChI is InChI=1S/C18H24N4O2/c1-13-4-5-15(14(2)10-13)6-7-17(23)22-9-3-8-18(24,12-22)16-11-19-21-20-16/h4-5,10-11,24H,3,6-9,12H2,1-2H3,(H,19,20,21). The minimum absolute atomic E-state index is 0.0802. The number of piperidine rings is 1. The third kappa shape index (κ3) is 3.48. The van der Waals surface area contributed by atoms with Crippen LogP contribution >= 0.6 is 0 Å². The van der Waals surface area contributed by atoms with Gasteiger partial charge in [0.15, 0.2) is 0 Å². The Labute approximate surface area is 141 Å². The molecule has 6 heteroatoms. The maximum Gasteiger partial charge on any atom is 0.223 e. The molecule has 0 aliphatic carbocycles. The molecular formula is C18H24N4O2. The summed E-state index contributed by atoms with van der Waals surface area (Å²) < 4.78 is 0. The van der Waals surface area contributed by atoms with E-state index in [0.29, 0.717) is 25.1 Å². The summed E-state index contributed by atoms with van der Waals surface area (Å²) in [6.07, 6.45) is 4.07. The summed E-state index contributed by atoms with van der Waals surface area (Å²) >= 11 is 0. The van der Waals surface area contributed by atoms with Gasteiger partial charge in [-0.3, -0.25) is 4.79 Å². The predicted molar refractivity (Wildman–Crippen MR) is 90.3 cm³/mol. The normalized spacial score (nSPS) is 21.0. The minimum atomic E-state index is -1.10. The highest BCUT2D eigenvalue weighted by Crippen LogP contribution is 2.30. The maximum absolute atomic E-state index is 12.6. The van der Waals surface area contributed by atoms with E-state index in [1.54, 1.807) is 4.90 Å². The molecule has 1 aliphatic rings. The lowest BCUT2D eigenvalue weighted by molar-refractivity contribution is -0.139. The third-order valence-electron chi connectivity index (χ3n) is 4.82. The van der Waals surface area contributed by atoms with Crippen LogP contribution in [0.5, 0.6) is 0 Å². The summed E-state index contributed by atoms with van der Waals surface area (Å²) in [5.74, 6) is 0.0802. The number of benzene rings is 1. The van der Waals surface area contributed by atoms with Gasteiger partial charge < -0.3 is 10.0 Å². The van der Waals surface area contributed by atoms with Crippen LogP contribution in [0.1, 0.15) is 41.6 Å². The molecule has 1 fully saturated rings. The molecule has 2 aromatic rings. The van der Waals surface area contributed by atoms with Crippen LogP contribution in [0.3, 0.4) is 0 Å². The number of aromatic nitrogens is 3. The van der Waals surface area contributed by atoms with E-state index in [1.165, 1.54) is 22.9 Å². The molecule has 24 heavy (non-hydrogen) atoms. The molecule has 1 amide bonds. The number of aryl methyl sites for hydroxylation is 3. The highest BCUT2D eigenvalue weighted by atomic mass is 16.3. The Kier molecular flexibility index (Phi) is 4.66. The van der Waals surface area contributed by atoms with Crippen molar-refractivity contribution in [3.63, 3.8) is 0 Å². The van der Waals surface area contributed by atoms with Gasteiger partial charge in [0.1, 0.15) is 11.3 Å². The summed E-state index contributed by atoms with van der Waals surface area (Å²) in [4.78, 5) is 14.3. The number of aliphatic hydroxyl groups is 1. The first kappa shape index (κ1) is 16.6. The zero-order valence-corrected chi connectivity index (χ0v) is 14.2. The van der Waals surface area contributed by atoms with Crippen molar-refractivity contribution < 1.29 is 9.90 Å². The molecule has 0 bridgehead atoms. The van der Waals surface area contributed by atoms with Gasteiger partial charge in [0.05, 0.1) is 12.7 Å². The van der Waals surface area contributed by atoms with Gasteiger partial charge in [-0.2, -0.15) is 15.4 Å². The smallest absolute Gasteiger partial charge is 0.223 e. The number of carbonyl (C=O) groups excluding carboxylic acids is 1. The van der Waals surface area contributed by atoms with E-state index < -0.39 is 5.60 Å². The number of H-pyrrole nitrogens is 1. The van der Waals surface area contributed by atoms with Crippen molar-refractivity contribution in [2.75, 3.05) is 13.1 Å². The van der Waals surface area contributed by atoms with Crippen molar-refractivity contribution in [3.8, 4) is 0 Å². The van der Waals surface area contributed by atoms with Gasteiger partial charge in [0.25, 0.3) is 0 Å². The molecule has 0 radical (unpaired) electrons. The molecule has 3 rings (SSSR count). The quantitative estimate of drug-likeness (QED) is 0.897. The van der Waals surface area contributed by atoms with Crippen LogP contribution < -0.4 is 0 Å². The molecule has 0 spiro atoms. The first-order valence-corrected chi connectivity index (χ1v) is 8.40. The van der Waals surface area contributed by atoms with Gasteiger partial charge >= 0.3 is 0 Å². The fourth-order valence-electron chi connectivity index (χ4n) is 3.41. The van der Waals surface area contributed by atoms with Crippen LogP contribution in [0.15, 0.2) is 24.4 Å². The van der Waals surface area contributed by atoms with Gasteiger partial charge in [-0.05, 0) is 44.2 Å². The second kappa shape index (κ2) is 6.73. The van der Waals surface area contributed by atoms with E-state index in [9.17, 15) is 9.90 Å². The van der Waals surface area contributed by atoms with Crippen molar-refractivity contribution in [2.24, 2.45) is 0 Å². The van der Waals surface area contributed by atoms with E-state index >= 15 is 0 Å². The lowest BCUT2D eigenvalue weighted by Gasteiger charge is -2.38. The SMILES string of the molecule is Cc1ccc(CCC(=O)N2CCCC(O)(c3cn[nH]n3)C2)c(C)c1. The van der Waals surface area contributed by atoms with Gasteiger partial charge in [-0.1, -0.05) is 23.8 Å². The molecular weight excluding hydrogens is 304 g/mol. The summed E-state index contributed by atoms with van der Waals surface area (Å²) in [5.41, 5.74) is 3.07. The van der Waals surface area contributed by atoms with E-state index in [1.807, 2.05) is 0 Å². The Hall–Kier alpha value is -2.21. The summed E-state index contributed by atoms with van der Waals surface area (Å²) in [6, 6.07) is 6.32. The van der Waals surface area contributed by atoms with E-state index in [2.05, 4.69) is 47.5 Å². The van der Waals surface area contributed by atoms with Gasteiger partial charge in [0.2, 0.25) is 5.91 Å². The van der Waals surface area contributed by atoms with E-state index in [0.717, 1.165) is 12.8 Å². The summed E-state index contributed by atoms with van der Waals surface area (Å²) in [5, 5.41) is 21.1. The third-order valence-corrected chi connectivity index (χ3v) is 4.82. The fourth-order valence-corrected chi connectivity index (χ4v) is 3.41. The second-order valence-corrected chi connectivity index (χ2v) is 6.74. The van der Waals surface area contributed by atoms with Crippen LogP contribution in [-0.4, -0.2) is 44.4 Å². The number of amides is 1. The topological polar surface area (TPSA) is 82.1 Å². The van der Waals surface area contributed by atoms with Crippen molar-refractivity contribution in [3.05, 3.63) is 46.8 Å². The number of hydrogen-bond donors (Lipinski definition) is 2. The zero-order valence-electron chi connectivity index (χ0n) is 14.2. The average molecular weight is 328 g/mol. The van der Waals surface area contributed by atoms with Crippen LogP contribution in [0.2, 0.25) is 0 Å². The molecule has 1 saturated heterocycles. The highest BCUT2D eigenvalue weighted by Gasteiger charge is 2.38. The first-order valence-electron chi connectivity index (χ1n) is 8.40. The molecule has 1 atom stereocenters. The molecule has 2 heterocycles. The van der Waals surface area contributed by atoms with Crippen molar-refractivity contribution in [1.82, 2.24) is 20.3 Å². The van der Waals surface area contributed by atoms with Gasteiger partial charge in [-0.15, -0.1) is 0 Å². The van der Waals surface area contributed by atoms with Crippen molar-refractivity contribution in [2.45, 2.75) is 45.1 Å². The number of hydrogen-bond acceptors (Lipinski definition) is 4. The number of likely N-dealkylation sites (tertiary alicyclic amines) is 1. The Morgan fingerprint density at radius 1 is 1.42 bits per heavy atom. The molecule has 0 saturated carbocycles. The fraction of sp³-hybridized carbons (Fsp3) is 0.500. The lowest BCUT2D eigenvalue weighted by Crippen LogP contribution is -2.48. The van der Waals surface area contributed by atoms with E-state index in [-0.39, 0.29) is 12.5 Å². The molecule has 1 aromatic heterocycles. The maximum atomic E-state index is 12.6. The average Bonchev–Trinajstić information content (AvgIpc) is 3.09. The monoisotopic (exact) mass is 328 g/mol. The van der Waals surface area contributed by atoms with E-state index in [4.69, 9.17) is 0 Å². The molecule has 128 valence electrons. The zero-order chi connectivity index (χ0) is 17.2. The van der Waals surface area contributed by atoms with Crippen LogP contribution in [0.4, 0.5) is 0 Å². The molecule has 2 N–H and O–H groups in total. The van der Waals surface area contributed by atoms with Crippen LogP contribution in [-0.2, 0) is 16.8 Å². The van der Waals surface area contributed by atoms with Crippen LogP contribution in [0.25, 0.3) is 0 Å². The number of nitrogens with zero attached hydrogens (tertiary/aromatic N) is 3. The summed E-state index contributed by atoms with van der Waals surface area (Å²) in [6.45, 7) is 5.12. The molecule has 6 nitrogen and oxygen atoms in total. The largest absolute Gasteiger partial charge is 0.382 e. The second-order valence-electron chi connectivity index (χ2n) is 6.74. The molecule has 1 aliphatic heterocycles. The first-order chi connectivity index (χ1) is 11.5. The molecule has 1 unspecified atom stereocenters. The Morgan fingerprint density at radius 2 is 2.25 bits per heavy atom. The summed E-state index contributed by atoms with van der Waals surface area (Å²) in [7, 11) is 0. The number of nitrogens with one attached hydrogen (secondary N) is 1. The number of carbonyl (C=O) groups is 1. The van der Waals surface area contributed by atoms with Gasteiger partial charge in [0, 0.05) is 13.0 Å². The van der Waals surface area contributed by atoms with Crippen molar-refractivity contribution in [1.29, 1.82) is 0 Å². The van der Waals surface area contributed by atoms with Crippen molar-refractivity contribution >= 4 is 5.91 Å². The highest BCUT2D eigenvalue weighted by molar-refractivity contribution is 5.76. The molecule has 1 aromatic carbocycles. The number of aromatic amines is 1. The number of β-amino-alcohol motifs (C(OH)–C–C–N with tert-alkyl or cyclic N) is 1. The Balaban J connectivity index is 1.62. The minimum Gasteiger partial charge on any atom is -0.382 e. The van der Waals surface area contributed by atoms with Crippen LogP contribution in [0, 0.1) is 13.8 Å². The number of rotatable bonds is 4. The van der Waals surface area contributed by atoms with Gasteiger partial charge in [-0.25, -0.2) is 0 Å².